The molecule has 1 heterocycles. The number of amides is 1. The van der Waals surface area contributed by atoms with Crippen LogP contribution in [0.1, 0.15) is 53.3 Å². The molecule has 28 heavy (non-hydrogen) atoms. The van der Waals surface area contributed by atoms with E-state index in [0.29, 0.717) is 16.5 Å². The molecule has 0 aliphatic heterocycles. The Morgan fingerprint density at radius 2 is 1.64 bits per heavy atom. The number of hydrogen-bond donors (Lipinski definition) is 2. The summed E-state index contributed by atoms with van der Waals surface area (Å²) in [4.78, 5) is 15.8. The number of thiophene rings is 1. The number of hydrogen-bond acceptors (Lipinski definition) is 4. The van der Waals surface area contributed by atoms with Gasteiger partial charge in [0.25, 0.3) is 5.91 Å². The molecule has 4 rings (SSSR count). The summed E-state index contributed by atoms with van der Waals surface area (Å²) in [7, 11) is 0. The van der Waals surface area contributed by atoms with E-state index in [0.717, 1.165) is 36.9 Å². The van der Waals surface area contributed by atoms with Crippen molar-refractivity contribution in [2.75, 3.05) is 4.90 Å². The van der Waals surface area contributed by atoms with Crippen LogP contribution in [0.5, 0.6) is 11.5 Å². The maximum absolute atomic E-state index is 13.4. The highest BCUT2D eigenvalue weighted by molar-refractivity contribution is 7.12. The van der Waals surface area contributed by atoms with Crippen molar-refractivity contribution in [1.29, 1.82) is 0 Å². The van der Waals surface area contributed by atoms with Crippen LogP contribution >= 0.6 is 11.3 Å². The van der Waals surface area contributed by atoms with E-state index in [1.807, 2.05) is 23.6 Å². The van der Waals surface area contributed by atoms with Gasteiger partial charge in [-0.1, -0.05) is 25.3 Å². The first-order chi connectivity index (χ1) is 13.6. The average Bonchev–Trinajstić information content (AvgIpc) is 3.26. The lowest BCUT2D eigenvalue weighted by atomic mass is 9.83. The standard InChI is InChI=1S/C23H23NO3S/c25-18-10-8-17(9-11-18)24(23(27)22-7-4-14-28-22)21-13-12-19(26)15-20(21)16-5-2-1-3-6-16/h4,7-16,25-26H,1-3,5-6H2. The fourth-order valence-corrected chi connectivity index (χ4v) is 4.62. The predicted octanol–water partition coefficient (Wildman–Crippen LogP) is 6.19. The van der Waals surface area contributed by atoms with Crippen molar-refractivity contribution >= 4 is 28.6 Å². The Balaban J connectivity index is 1.84. The van der Waals surface area contributed by atoms with Crippen LogP contribution in [0.25, 0.3) is 0 Å². The van der Waals surface area contributed by atoms with Crippen molar-refractivity contribution in [3.8, 4) is 11.5 Å². The molecular weight excluding hydrogens is 370 g/mol. The smallest absolute Gasteiger partial charge is 0.272 e. The van der Waals surface area contributed by atoms with Gasteiger partial charge in [0.2, 0.25) is 0 Å². The SMILES string of the molecule is O=C(c1cccs1)N(c1ccc(O)cc1)c1ccc(O)cc1C1CCCCC1. The van der Waals surface area contributed by atoms with Crippen LogP contribution in [0.3, 0.4) is 0 Å². The Bertz CT molecular complexity index is 944. The molecule has 0 unspecified atom stereocenters. The van der Waals surface area contributed by atoms with E-state index in [2.05, 4.69) is 0 Å². The van der Waals surface area contributed by atoms with Gasteiger partial charge in [0.1, 0.15) is 11.5 Å². The quantitative estimate of drug-likeness (QED) is 0.556. The van der Waals surface area contributed by atoms with E-state index in [4.69, 9.17) is 0 Å². The molecule has 0 radical (unpaired) electrons. The third-order valence-corrected chi connectivity index (χ3v) is 6.20. The molecule has 2 aromatic carbocycles. The zero-order valence-corrected chi connectivity index (χ0v) is 16.4. The van der Waals surface area contributed by atoms with Crippen molar-refractivity contribution < 1.29 is 15.0 Å². The minimum Gasteiger partial charge on any atom is -0.508 e. The summed E-state index contributed by atoms with van der Waals surface area (Å²) in [5.74, 6) is 0.596. The van der Waals surface area contributed by atoms with E-state index in [9.17, 15) is 15.0 Å². The normalized spacial score (nSPS) is 14.7. The zero-order chi connectivity index (χ0) is 19.5. The van der Waals surface area contributed by atoms with Gasteiger partial charge in [0.05, 0.1) is 10.6 Å². The maximum Gasteiger partial charge on any atom is 0.272 e. The van der Waals surface area contributed by atoms with E-state index < -0.39 is 0 Å². The lowest BCUT2D eigenvalue weighted by molar-refractivity contribution is 0.100. The van der Waals surface area contributed by atoms with Crippen LogP contribution in [0.15, 0.2) is 60.0 Å². The molecule has 5 heteroatoms. The number of aromatic hydroxyl groups is 2. The van der Waals surface area contributed by atoms with Crippen LogP contribution in [0.2, 0.25) is 0 Å². The van der Waals surface area contributed by atoms with Gasteiger partial charge >= 0.3 is 0 Å². The first kappa shape index (κ1) is 18.6. The highest BCUT2D eigenvalue weighted by Crippen LogP contribution is 2.42. The molecule has 1 aliphatic carbocycles. The molecule has 1 aliphatic rings. The van der Waals surface area contributed by atoms with Crippen LogP contribution in [-0.2, 0) is 0 Å². The molecule has 2 N–H and O–H groups in total. The summed E-state index contributed by atoms with van der Waals surface area (Å²) in [6.45, 7) is 0. The van der Waals surface area contributed by atoms with Crippen molar-refractivity contribution in [3.05, 3.63) is 70.4 Å². The van der Waals surface area contributed by atoms with Crippen molar-refractivity contribution in [2.45, 2.75) is 38.0 Å². The number of anilines is 2. The van der Waals surface area contributed by atoms with Gasteiger partial charge in [0, 0.05) is 5.69 Å². The summed E-state index contributed by atoms with van der Waals surface area (Å²) in [5.41, 5.74) is 2.51. The maximum atomic E-state index is 13.4. The first-order valence-corrected chi connectivity index (χ1v) is 10.5. The first-order valence-electron chi connectivity index (χ1n) is 9.63. The Kier molecular flexibility index (Phi) is 5.35. The summed E-state index contributed by atoms with van der Waals surface area (Å²) in [6, 6.07) is 15.6. The Morgan fingerprint density at radius 1 is 0.929 bits per heavy atom. The lowest BCUT2D eigenvalue weighted by Crippen LogP contribution is -2.27. The minimum absolute atomic E-state index is 0.108. The van der Waals surface area contributed by atoms with Gasteiger partial charge in [-0.15, -0.1) is 11.3 Å². The van der Waals surface area contributed by atoms with Crippen molar-refractivity contribution in [3.63, 3.8) is 0 Å². The largest absolute Gasteiger partial charge is 0.508 e. The molecule has 1 fully saturated rings. The van der Waals surface area contributed by atoms with Crippen LogP contribution < -0.4 is 4.90 Å². The number of benzene rings is 2. The molecule has 0 saturated heterocycles. The molecule has 4 nitrogen and oxygen atoms in total. The topological polar surface area (TPSA) is 60.8 Å². The summed E-state index contributed by atoms with van der Waals surface area (Å²) < 4.78 is 0. The minimum atomic E-state index is -0.108. The molecule has 1 saturated carbocycles. The van der Waals surface area contributed by atoms with Gasteiger partial charge in [-0.2, -0.15) is 0 Å². The van der Waals surface area contributed by atoms with E-state index in [1.165, 1.54) is 17.8 Å². The number of phenolic OH excluding ortho intramolecular Hbond substituents is 2. The van der Waals surface area contributed by atoms with Gasteiger partial charge in [-0.3, -0.25) is 9.69 Å². The molecule has 3 aromatic rings. The number of phenols is 2. The number of carbonyl (C=O) groups excluding carboxylic acids is 1. The molecule has 1 aromatic heterocycles. The van der Waals surface area contributed by atoms with Crippen LogP contribution in [0, 0.1) is 0 Å². The molecular formula is C23H23NO3S. The highest BCUT2D eigenvalue weighted by atomic mass is 32.1. The Hall–Kier alpha value is -2.79. The van der Waals surface area contributed by atoms with Gasteiger partial charge in [-0.05, 0) is 78.2 Å². The zero-order valence-electron chi connectivity index (χ0n) is 15.5. The van der Waals surface area contributed by atoms with Crippen LogP contribution in [-0.4, -0.2) is 16.1 Å². The van der Waals surface area contributed by atoms with Gasteiger partial charge in [-0.25, -0.2) is 0 Å². The lowest BCUT2D eigenvalue weighted by Gasteiger charge is -2.30. The van der Waals surface area contributed by atoms with Crippen molar-refractivity contribution in [1.82, 2.24) is 0 Å². The second-order valence-electron chi connectivity index (χ2n) is 7.21. The van der Waals surface area contributed by atoms with Gasteiger partial charge < -0.3 is 10.2 Å². The van der Waals surface area contributed by atoms with E-state index >= 15 is 0 Å². The summed E-state index contributed by atoms with van der Waals surface area (Å²) in [5, 5.41) is 21.7. The predicted molar refractivity (Wildman–Crippen MR) is 113 cm³/mol. The van der Waals surface area contributed by atoms with Crippen molar-refractivity contribution in [2.24, 2.45) is 0 Å². The summed E-state index contributed by atoms with van der Waals surface area (Å²) in [6.07, 6.45) is 5.69. The van der Waals surface area contributed by atoms with Gasteiger partial charge in [0.15, 0.2) is 0 Å². The van der Waals surface area contributed by atoms with E-state index in [1.54, 1.807) is 41.3 Å². The van der Waals surface area contributed by atoms with Crippen LogP contribution in [0.4, 0.5) is 11.4 Å². The highest BCUT2D eigenvalue weighted by Gasteiger charge is 2.27. The Labute approximate surface area is 168 Å². The summed E-state index contributed by atoms with van der Waals surface area (Å²) >= 11 is 1.41. The average molecular weight is 394 g/mol. The third kappa shape index (κ3) is 3.76. The molecule has 0 atom stereocenters. The third-order valence-electron chi connectivity index (χ3n) is 5.34. The Morgan fingerprint density at radius 3 is 2.32 bits per heavy atom. The number of carbonyl (C=O) groups is 1. The molecule has 0 bridgehead atoms. The monoisotopic (exact) mass is 393 g/mol. The fraction of sp³-hybridized carbons (Fsp3) is 0.261. The molecule has 144 valence electrons. The van der Waals surface area contributed by atoms with E-state index in [-0.39, 0.29) is 17.4 Å². The molecule has 0 spiro atoms. The number of rotatable bonds is 4. The molecule has 1 amide bonds. The second kappa shape index (κ2) is 8.07. The second-order valence-corrected chi connectivity index (χ2v) is 8.16. The number of nitrogens with zero attached hydrogens (tertiary/aromatic N) is 1. The fourth-order valence-electron chi connectivity index (χ4n) is 3.96.